The molecule has 0 bridgehead atoms. The first-order valence-corrected chi connectivity index (χ1v) is 8.59. The van der Waals surface area contributed by atoms with Crippen molar-refractivity contribution in [3.05, 3.63) is 23.5 Å². The van der Waals surface area contributed by atoms with Crippen LogP contribution in [-0.4, -0.2) is 77.0 Å². The Morgan fingerprint density at radius 3 is 1.44 bits per heavy atom. The monoisotopic (exact) mass is 454 g/mol. The van der Waals surface area contributed by atoms with E-state index in [0.29, 0.717) is 0 Å². The summed E-state index contributed by atoms with van der Waals surface area (Å²) >= 11 is 0. The Bertz CT molecular complexity index is 959. The van der Waals surface area contributed by atoms with Crippen molar-refractivity contribution in [1.29, 1.82) is 0 Å². The second-order valence-corrected chi connectivity index (χ2v) is 5.83. The molecule has 172 valence electrons. The molecule has 15 nitrogen and oxygen atoms in total. The van der Waals surface area contributed by atoms with Gasteiger partial charge < -0.3 is 28.4 Å². The minimum atomic E-state index is -1.33. The summed E-state index contributed by atoms with van der Waals surface area (Å²) in [5.74, 6) is -2.21. The molecule has 2 heterocycles. The standard InChI is InChI=1S/C17H18N4O11/c1-20-5-9(13(18-20)31-15(24)27-3)11(22)7-29-17(26)30-8-12(23)10-6-21(2)19-14(10)32-16(25)28-4/h5-6H,7-8H2,1-4H3. The van der Waals surface area contributed by atoms with Crippen LogP contribution >= 0.6 is 0 Å². The Balaban J connectivity index is 1.91. The molecule has 0 radical (unpaired) electrons. The van der Waals surface area contributed by atoms with Crippen LogP contribution in [0, 0.1) is 0 Å². The maximum Gasteiger partial charge on any atom is 0.514 e. The number of ketones is 2. The summed E-state index contributed by atoms with van der Waals surface area (Å²) < 4.78 is 29.8. The van der Waals surface area contributed by atoms with Gasteiger partial charge in [0.15, 0.2) is 13.2 Å². The summed E-state index contributed by atoms with van der Waals surface area (Å²) in [6.07, 6.45) is -1.04. The second-order valence-electron chi connectivity index (χ2n) is 5.83. The molecule has 0 amide bonds. The first kappa shape index (κ1) is 23.8. The van der Waals surface area contributed by atoms with Gasteiger partial charge in [-0.15, -0.1) is 10.2 Å². The number of hydrogen-bond acceptors (Lipinski definition) is 13. The number of ether oxygens (including phenoxy) is 6. The van der Waals surface area contributed by atoms with Crippen LogP contribution in [0.2, 0.25) is 0 Å². The molecule has 0 N–H and O–H groups in total. The second kappa shape index (κ2) is 10.6. The van der Waals surface area contributed by atoms with Gasteiger partial charge in [-0.25, -0.2) is 14.4 Å². The van der Waals surface area contributed by atoms with Crippen LogP contribution in [0.4, 0.5) is 14.4 Å². The Labute approximate surface area is 179 Å². The number of aryl methyl sites for hydroxylation is 2. The summed E-state index contributed by atoms with van der Waals surface area (Å²) in [6.45, 7) is -1.58. The number of nitrogens with zero attached hydrogens (tertiary/aromatic N) is 4. The first-order valence-electron chi connectivity index (χ1n) is 8.59. The summed E-state index contributed by atoms with van der Waals surface area (Å²) in [7, 11) is 5.09. The molecule has 2 aromatic heterocycles. The number of hydrogen-bond donors (Lipinski definition) is 0. The Kier molecular flexibility index (Phi) is 7.86. The molecular weight excluding hydrogens is 436 g/mol. The highest BCUT2D eigenvalue weighted by Crippen LogP contribution is 2.18. The number of aromatic nitrogens is 4. The normalized spacial score (nSPS) is 10.1. The molecule has 0 unspecified atom stereocenters. The van der Waals surface area contributed by atoms with Crippen LogP contribution in [0.25, 0.3) is 0 Å². The molecule has 0 fully saturated rings. The van der Waals surface area contributed by atoms with Gasteiger partial charge in [-0.05, 0) is 0 Å². The van der Waals surface area contributed by atoms with Gasteiger partial charge in [-0.3, -0.25) is 19.0 Å². The SMILES string of the molecule is COC(=O)Oc1nn(C)cc1C(=O)COC(=O)OCC(=O)c1cn(C)nc1OC(=O)OC. The van der Waals surface area contributed by atoms with E-state index in [4.69, 9.17) is 9.47 Å². The van der Waals surface area contributed by atoms with Gasteiger partial charge in [0.05, 0.1) is 14.2 Å². The van der Waals surface area contributed by atoms with Crippen LogP contribution in [-0.2, 0) is 33.0 Å². The van der Waals surface area contributed by atoms with Gasteiger partial charge in [-0.1, -0.05) is 0 Å². The number of methoxy groups -OCH3 is 2. The lowest BCUT2D eigenvalue weighted by Crippen LogP contribution is -2.19. The van der Waals surface area contributed by atoms with E-state index in [1.54, 1.807) is 0 Å². The third-order valence-corrected chi connectivity index (χ3v) is 3.53. The van der Waals surface area contributed by atoms with E-state index in [0.717, 1.165) is 14.2 Å². The summed E-state index contributed by atoms with van der Waals surface area (Å²) in [4.78, 5) is 58.6. The van der Waals surface area contributed by atoms with E-state index in [1.807, 2.05) is 0 Å². The van der Waals surface area contributed by atoms with E-state index in [1.165, 1.54) is 35.9 Å². The number of rotatable bonds is 8. The van der Waals surface area contributed by atoms with Crippen LogP contribution in [0.3, 0.4) is 0 Å². The minimum absolute atomic E-state index is 0.151. The smallest absolute Gasteiger partial charge is 0.437 e. The highest BCUT2D eigenvalue weighted by molar-refractivity contribution is 6.01. The van der Waals surface area contributed by atoms with Crippen molar-refractivity contribution in [3.63, 3.8) is 0 Å². The Morgan fingerprint density at radius 1 is 0.719 bits per heavy atom. The minimum Gasteiger partial charge on any atom is -0.437 e. The molecule has 0 saturated carbocycles. The third-order valence-electron chi connectivity index (χ3n) is 3.53. The number of carbonyl (C=O) groups is 5. The van der Waals surface area contributed by atoms with E-state index < -0.39 is 43.2 Å². The molecule has 0 aromatic carbocycles. The molecule has 0 atom stereocenters. The van der Waals surface area contributed by atoms with E-state index in [9.17, 15) is 24.0 Å². The summed E-state index contributed by atoms with van der Waals surface area (Å²) in [5, 5.41) is 7.56. The molecule has 0 aliphatic heterocycles. The zero-order valence-corrected chi connectivity index (χ0v) is 17.3. The number of carbonyl (C=O) groups excluding carboxylic acids is 5. The molecule has 2 aromatic rings. The third kappa shape index (κ3) is 6.28. The van der Waals surface area contributed by atoms with Crippen molar-refractivity contribution in [1.82, 2.24) is 19.6 Å². The highest BCUT2D eigenvalue weighted by Gasteiger charge is 2.24. The topological polar surface area (TPSA) is 176 Å². The maximum atomic E-state index is 12.2. The van der Waals surface area contributed by atoms with Gasteiger partial charge in [0, 0.05) is 26.5 Å². The first-order chi connectivity index (χ1) is 15.1. The molecule has 15 heteroatoms. The summed E-state index contributed by atoms with van der Waals surface area (Å²) in [5.41, 5.74) is -0.302. The fraction of sp³-hybridized carbons (Fsp3) is 0.353. The maximum absolute atomic E-state index is 12.2. The summed E-state index contributed by atoms with van der Waals surface area (Å²) in [6, 6.07) is 0. The Morgan fingerprint density at radius 2 is 1.09 bits per heavy atom. The lowest BCUT2D eigenvalue weighted by Gasteiger charge is -2.06. The average molecular weight is 454 g/mol. The van der Waals surface area contributed by atoms with E-state index in [-0.39, 0.29) is 22.9 Å². The lowest BCUT2D eigenvalue weighted by molar-refractivity contribution is 0.0465. The van der Waals surface area contributed by atoms with Crippen molar-refractivity contribution in [2.75, 3.05) is 27.4 Å². The van der Waals surface area contributed by atoms with Crippen LogP contribution in [0.5, 0.6) is 11.8 Å². The van der Waals surface area contributed by atoms with E-state index in [2.05, 4.69) is 29.1 Å². The predicted octanol–water partition coefficient (Wildman–Crippen LogP) is 0.663. The predicted molar refractivity (Wildman–Crippen MR) is 98.4 cm³/mol. The van der Waals surface area contributed by atoms with E-state index >= 15 is 0 Å². The van der Waals surface area contributed by atoms with Crippen LogP contribution in [0.15, 0.2) is 12.4 Å². The molecule has 32 heavy (non-hydrogen) atoms. The van der Waals surface area contributed by atoms with Crippen molar-refractivity contribution >= 4 is 30.0 Å². The zero-order chi connectivity index (χ0) is 23.8. The lowest BCUT2D eigenvalue weighted by atomic mass is 10.2. The fourth-order valence-electron chi connectivity index (χ4n) is 2.16. The van der Waals surface area contributed by atoms with Crippen LogP contribution < -0.4 is 9.47 Å². The van der Waals surface area contributed by atoms with Crippen molar-refractivity contribution in [3.8, 4) is 11.8 Å². The van der Waals surface area contributed by atoms with Crippen LogP contribution in [0.1, 0.15) is 20.7 Å². The van der Waals surface area contributed by atoms with Gasteiger partial charge in [0.1, 0.15) is 11.1 Å². The van der Waals surface area contributed by atoms with Crippen molar-refractivity contribution in [2.45, 2.75) is 0 Å². The largest absolute Gasteiger partial charge is 0.514 e. The van der Waals surface area contributed by atoms with Crippen molar-refractivity contribution in [2.24, 2.45) is 14.1 Å². The average Bonchev–Trinajstić information content (AvgIpc) is 3.31. The van der Waals surface area contributed by atoms with Gasteiger partial charge in [0.25, 0.3) is 11.8 Å². The van der Waals surface area contributed by atoms with Crippen molar-refractivity contribution < 1.29 is 52.4 Å². The highest BCUT2D eigenvalue weighted by atomic mass is 16.7. The van der Waals surface area contributed by atoms with Gasteiger partial charge in [0.2, 0.25) is 11.6 Å². The fourth-order valence-corrected chi connectivity index (χ4v) is 2.16. The molecule has 0 spiro atoms. The molecule has 0 saturated heterocycles. The quantitative estimate of drug-likeness (QED) is 0.309. The Hall–Kier alpha value is -4.43. The molecule has 0 aliphatic carbocycles. The molecular formula is C17H18N4O11. The van der Waals surface area contributed by atoms with Gasteiger partial charge in [-0.2, -0.15) is 0 Å². The zero-order valence-electron chi connectivity index (χ0n) is 17.3. The van der Waals surface area contributed by atoms with Gasteiger partial charge >= 0.3 is 18.5 Å². The molecule has 0 aliphatic rings. The number of Topliss-reactive ketones (excluding diaryl/α,β-unsaturated/α-hetero) is 2. The molecule has 2 rings (SSSR count).